The molecule has 1 aromatic carbocycles. The molecule has 0 radical (unpaired) electrons. The lowest BCUT2D eigenvalue weighted by atomic mass is 9.91. The van der Waals surface area contributed by atoms with Crippen molar-refractivity contribution in [1.82, 2.24) is 4.98 Å². The first-order chi connectivity index (χ1) is 11.3. The topological polar surface area (TPSA) is 75.1 Å². The van der Waals surface area contributed by atoms with Crippen molar-refractivity contribution >= 4 is 16.9 Å². The van der Waals surface area contributed by atoms with Crippen LogP contribution in [0.1, 0.15) is 37.6 Å². The van der Waals surface area contributed by atoms with E-state index in [0.29, 0.717) is 23.7 Å². The molecule has 24 heavy (non-hydrogen) atoms. The fourth-order valence-electron chi connectivity index (χ4n) is 3.27. The van der Waals surface area contributed by atoms with Crippen LogP contribution in [0.4, 0.5) is 8.78 Å². The molecule has 2 aromatic rings. The Bertz CT molecular complexity index is 882. The number of H-pyrrole nitrogens is 1. The molecule has 5 nitrogen and oxygen atoms in total. The smallest absolute Gasteiger partial charge is 0.305 e. The fraction of sp³-hybridized carbons (Fsp3) is 0.412. The first-order valence-electron chi connectivity index (χ1n) is 7.58. The summed E-state index contributed by atoms with van der Waals surface area (Å²) in [6.07, 6.45) is 0.350. The van der Waals surface area contributed by atoms with Gasteiger partial charge in [0.05, 0.1) is 23.4 Å². The van der Waals surface area contributed by atoms with E-state index in [-0.39, 0.29) is 29.0 Å². The van der Waals surface area contributed by atoms with E-state index in [0.717, 1.165) is 0 Å². The van der Waals surface area contributed by atoms with Crippen LogP contribution in [-0.4, -0.2) is 17.6 Å². The number of halogens is 2. The highest BCUT2D eigenvalue weighted by Gasteiger charge is 2.47. The van der Waals surface area contributed by atoms with E-state index in [1.807, 2.05) is 0 Å². The van der Waals surface area contributed by atoms with Crippen LogP contribution in [0.2, 0.25) is 0 Å². The zero-order valence-corrected chi connectivity index (χ0v) is 13.5. The Kier molecular flexibility index (Phi) is 3.80. The zero-order valence-electron chi connectivity index (χ0n) is 13.5. The lowest BCUT2D eigenvalue weighted by Crippen LogP contribution is -2.44. The van der Waals surface area contributed by atoms with Crippen LogP contribution in [0.25, 0.3) is 10.9 Å². The molecule has 1 aliphatic rings. The van der Waals surface area contributed by atoms with Crippen molar-refractivity contribution in [2.45, 2.75) is 33.0 Å². The third-order valence-corrected chi connectivity index (χ3v) is 4.27. The molecular formula is C17H16F2N2O3. The minimum Gasteiger partial charge on any atom is -0.427 e. The van der Waals surface area contributed by atoms with Gasteiger partial charge in [0.25, 0.3) is 5.79 Å². The number of carbonyl (C=O) groups excluding carboxylic acids is 1. The van der Waals surface area contributed by atoms with E-state index in [9.17, 15) is 18.8 Å². The summed E-state index contributed by atoms with van der Waals surface area (Å²) in [5.74, 6) is -3.99. The second-order valence-electron chi connectivity index (χ2n) is 6.07. The Morgan fingerprint density at radius 3 is 2.75 bits per heavy atom. The number of carbonyl (C=O) groups is 1. The molecule has 1 aliphatic heterocycles. The summed E-state index contributed by atoms with van der Waals surface area (Å²) in [7, 11) is 0. The summed E-state index contributed by atoms with van der Waals surface area (Å²) < 4.78 is 39.4. The SMILES string of the molecule is CC(=O)OC1(C(C)C)OCCc2c1[nH]c1c(F)cc(F)c(C#N)c21. The minimum absolute atomic E-state index is 0.0145. The Morgan fingerprint density at radius 1 is 1.46 bits per heavy atom. The van der Waals surface area contributed by atoms with E-state index in [2.05, 4.69) is 4.98 Å². The molecule has 2 heterocycles. The van der Waals surface area contributed by atoms with Crippen LogP contribution in [0.3, 0.4) is 0 Å². The van der Waals surface area contributed by atoms with Gasteiger partial charge in [-0.2, -0.15) is 5.26 Å². The minimum atomic E-state index is -1.42. The standard InChI is InChI=1S/C17H16F2N2O3/c1-8(2)17(24-9(3)22)16-10(4-5-23-17)14-11(7-20)12(18)6-13(19)15(14)21-16/h6,8,21H,4-5H2,1-3H3. The first kappa shape index (κ1) is 16.4. The summed E-state index contributed by atoms with van der Waals surface area (Å²) in [5, 5.41) is 9.45. The van der Waals surface area contributed by atoms with E-state index < -0.39 is 23.4 Å². The maximum atomic E-state index is 14.2. The monoisotopic (exact) mass is 334 g/mol. The second kappa shape index (κ2) is 5.56. The number of nitriles is 1. The highest BCUT2D eigenvalue weighted by atomic mass is 19.1. The molecule has 1 N–H and O–H groups in total. The molecule has 0 amide bonds. The van der Waals surface area contributed by atoms with Crippen molar-refractivity contribution in [2.75, 3.05) is 6.61 Å². The Balaban J connectivity index is 2.39. The normalized spacial score (nSPS) is 20.0. The molecule has 0 fully saturated rings. The van der Waals surface area contributed by atoms with Crippen molar-refractivity contribution in [3.8, 4) is 6.07 Å². The predicted octanol–water partition coefficient (Wildman–Crippen LogP) is 3.26. The van der Waals surface area contributed by atoms with Crippen molar-refractivity contribution in [1.29, 1.82) is 5.26 Å². The van der Waals surface area contributed by atoms with Crippen LogP contribution < -0.4 is 0 Å². The molecule has 3 rings (SSSR count). The Labute approximate surface area is 137 Å². The number of benzene rings is 1. The van der Waals surface area contributed by atoms with Gasteiger partial charge in [0.15, 0.2) is 0 Å². The first-order valence-corrected chi connectivity index (χ1v) is 7.58. The maximum absolute atomic E-state index is 14.2. The van der Waals surface area contributed by atoms with Gasteiger partial charge in [0, 0.05) is 24.3 Å². The molecule has 0 saturated heterocycles. The third kappa shape index (κ3) is 2.18. The average Bonchev–Trinajstić information content (AvgIpc) is 2.88. The summed E-state index contributed by atoms with van der Waals surface area (Å²) in [6.45, 7) is 5.05. The number of ether oxygens (including phenoxy) is 2. The lowest BCUT2D eigenvalue weighted by molar-refractivity contribution is -0.265. The largest absolute Gasteiger partial charge is 0.427 e. The van der Waals surface area contributed by atoms with Crippen LogP contribution in [0.15, 0.2) is 6.07 Å². The van der Waals surface area contributed by atoms with Crippen molar-refractivity contribution in [2.24, 2.45) is 5.92 Å². The van der Waals surface area contributed by atoms with Gasteiger partial charge in [-0.15, -0.1) is 0 Å². The molecule has 0 aliphatic carbocycles. The molecule has 0 bridgehead atoms. The van der Waals surface area contributed by atoms with Gasteiger partial charge >= 0.3 is 5.97 Å². The van der Waals surface area contributed by atoms with Crippen LogP contribution in [-0.2, 0) is 26.5 Å². The van der Waals surface area contributed by atoms with Crippen LogP contribution in [0.5, 0.6) is 0 Å². The van der Waals surface area contributed by atoms with Crippen molar-refractivity contribution in [3.63, 3.8) is 0 Å². The number of esters is 1. The summed E-state index contributed by atoms with van der Waals surface area (Å²) >= 11 is 0. The van der Waals surface area contributed by atoms with Crippen molar-refractivity contribution in [3.05, 3.63) is 34.5 Å². The number of fused-ring (bicyclic) bond motifs is 3. The number of nitrogens with one attached hydrogen (secondary N) is 1. The van der Waals surface area contributed by atoms with E-state index in [1.54, 1.807) is 19.9 Å². The molecule has 0 spiro atoms. The van der Waals surface area contributed by atoms with Gasteiger partial charge in [0.1, 0.15) is 17.7 Å². The van der Waals surface area contributed by atoms with Gasteiger partial charge in [-0.1, -0.05) is 13.8 Å². The molecular weight excluding hydrogens is 318 g/mol. The number of aromatic amines is 1. The quantitative estimate of drug-likeness (QED) is 0.856. The average molecular weight is 334 g/mol. The van der Waals surface area contributed by atoms with E-state index in [1.165, 1.54) is 6.92 Å². The van der Waals surface area contributed by atoms with Gasteiger partial charge < -0.3 is 14.5 Å². The Morgan fingerprint density at radius 2 is 2.17 bits per heavy atom. The van der Waals surface area contributed by atoms with Gasteiger partial charge in [0.2, 0.25) is 0 Å². The summed E-state index contributed by atoms with van der Waals surface area (Å²) in [5.41, 5.74) is 0.683. The van der Waals surface area contributed by atoms with Gasteiger partial charge in [-0.3, -0.25) is 4.79 Å². The highest BCUT2D eigenvalue weighted by Crippen LogP contribution is 2.44. The lowest BCUT2D eigenvalue weighted by Gasteiger charge is -2.39. The zero-order chi connectivity index (χ0) is 17.6. The van der Waals surface area contributed by atoms with Crippen molar-refractivity contribution < 1.29 is 23.0 Å². The number of hydrogen-bond acceptors (Lipinski definition) is 4. The molecule has 1 atom stereocenters. The second-order valence-corrected chi connectivity index (χ2v) is 6.07. The number of hydrogen-bond donors (Lipinski definition) is 1. The summed E-state index contributed by atoms with van der Waals surface area (Å²) in [4.78, 5) is 14.5. The molecule has 7 heteroatoms. The number of aromatic nitrogens is 1. The fourth-order valence-corrected chi connectivity index (χ4v) is 3.27. The Hall–Kier alpha value is -2.46. The highest BCUT2D eigenvalue weighted by molar-refractivity contribution is 5.91. The van der Waals surface area contributed by atoms with E-state index >= 15 is 0 Å². The van der Waals surface area contributed by atoms with Gasteiger partial charge in [-0.05, 0) is 12.0 Å². The van der Waals surface area contributed by atoms with E-state index in [4.69, 9.17) is 9.47 Å². The summed E-state index contributed by atoms with van der Waals surface area (Å²) in [6, 6.07) is 2.46. The number of rotatable bonds is 2. The van der Waals surface area contributed by atoms with Crippen LogP contribution >= 0.6 is 0 Å². The third-order valence-electron chi connectivity index (χ3n) is 4.27. The predicted molar refractivity (Wildman–Crippen MR) is 80.9 cm³/mol. The molecule has 126 valence electrons. The molecule has 1 unspecified atom stereocenters. The maximum Gasteiger partial charge on any atom is 0.305 e. The number of nitrogens with zero attached hydrogens (tertiary/aromatic N) is 1. The van der Waals surface area contributed by atoms with Gasteiger partial charge in [-0.25, -0.2) is 8.78 Å². The molecule has 0 saturated carbocycles. The van der Waals surface area contributed by atoms with Crippen LogP contribution in [0, 0.1) is 28.9 Å². The molecule has 1 aromatic heterocycles.